The van der Waals surface area contributed by atoms with Gasteiger partial charge in [0.2, 0.25) is 0 Å². The second-order valence-corrected chi connectivity index (χ2v) is 14.4. The molecular formula is C50H33NS. The van der Waals surface area contributed by atoms with Gasteiger partial charge in [0.15, 0.2) is 0 Å². The molecule has 0 radical (unpaired) electrons. The number of rotatable bonds is 6. The number of nitrogens with zero attached hydrogens (tertiary/aromatic N) is 1. The minimum atomic E-state index is 1.11. The summed E-state index contributed by atoms with van der Waals surface area (Å²) >= 11 is 1.86. The van der Waals surface area contributed by atoms with Crippen LogP contribution in [0.2, 0.25) is 0 Å². The van der Waals surface area contributed by atoms with Gasteiger partial charge in [-0.25, -0.2) is 0 Å². The summed E-state index contributed by atoms with van der Waals surface area (Å²) in [5.74, 6) is 0. The zero-order chi connectivity index (χ0) is 34.4. The van der Waals surface area contributed by atoms with E-state index in [-0.39, 0.29) is 0 Å². The van der Waals surface area contributed by atoms with Crippen molar-refractivity contribution in [2.24, 2.45) is 0 Å². The van der Waals surface area contributed by atoms with Crippen LogP contribution in [-0.4, -0.2) is 0 Å². The van der Waals surface area contributed by atoms with Crippen molar-refractivity contribution < 1.29 is 0 Å². The van der Waals surface area contributed by atoms with E-state index in [4.69, 9.17) is 0 Å². The number of benzene rings is 9. The van der Waals surface area contributed by atoms with E-state index >= 15 is 0 Å². The van der Waals surface area contributed by atoms with Gasteiger partial charge in [-0.2, -0.15) is 0 Å². The van der Waals surface area contributed by atoms with Gasteiger partial charge < -0.3 is 4.90 Å². The molecule has 10 rings (SSSR count). The fourth-order valence-corrected chi connectivity index (χ4v) is 8.94. The molecule has 0 aliphatic heterocycles. The summed E-state index contributed by atoms with van der Waals surface area (Å²) in [5, 5.41) is 7.67. The van der Waals surface area contributed by atoms with Crippen LogP contribution in [0, 0.1) is 0 Å². The van der Waals surface area contributed by atoms with E-state index in [0.717, 1.165) is 17.1 Å². The molecule has 0 saturated heterocycles. The van der Waals surface area contributed by atoms with Crippen LogP contribution in [0.1, 0.15) is 0 Å². The molecule has 0 spiro atoms. The molecule has 0 aliphatic rings. The third kappa shape index (κ3) is 5.24. The van der Waals surface area contributed by atoms with Gasteiger partial charge in [0, 0.05) is 37.2 Å². The standard InChI is InChI=1S/C50H33NS/c1-3-17-42-34(11-1)13-8-20-44(42)36-25-29-39(30-26-36)51(41-16-7-15-38(33-41)45-21-9-14-35-12-2-4-18-43(35)45)40-31-27-37(28-32-40)46-22-10-24-49-50(46)47-19-5-6-23-48(47)52-49/h1-33H. The molecule has 9 aromatic carbocycles. The van der Waals surface area contributed by atoms with Gasteiger partial charge in [0.1, 0.15) is 0 Å². The minimum Gasteiger partial charge on any atom is -0.310 e. The lowest BCUT2D eigenvalue weighted by Gasteiger charge is -2.26. The predicted octanol–water partition coefficient (Wildman–Crippen LogP) is 14.8. The van der Waals surface area contributed by atoms with Gasteiger partial charge in [0.25, 0.3) is 0 Å². The molecule has 2 heteroatoms. The van der Waals surface area contributed by atoms with Crippen molar-refractivity contribution in [2.45, 2.75) is 0 Å². The molecule has 0 saturated carbocycles. The minimum absolute atomic E-state index is 1.11. The van der Waals surface area contributed by atoms with Crippen molar-refractivity contribution in [2.75, 3.05) is 4.90 Å². The molecule has 0 aliphatic carbocycles. The average Bonchev–Trinajstić information content (AvgIpc) is 3.60. The van der Waals surface area contributed by atoms with Gasteiger partial charge >= 0.3 is 0 Å². The largest absolute Gasteiger partial charge is 0.310 e. The van der Waals surface area contributed by atoms with E-state index in [1.54, 1.807) is 0 Å². The maximum absolute atomic E-state index is 2.38. The normalized spacial score (nSPS) is 11.5. The lowest BCUT2D eigenvalue weighted by atomic mass is 9.97. The Hall–Kier alpha value is -6.48. The maximum atomic E-state index is 2.38. The smallest absolute Gasteiger partial charge is 0.0467 e. The first-order valence-corrected chi connectivity index (χ1v) is 18.6. The highest BCUT2D eigenvalue weighted by molar-refractivity contribution is 7.25. The third-order valence-corrected chi connectivity index (χ3v) is 11.4. The molecule has 0 atom stereocenters. The summed E-state index contributed by atoms with van der Waals surface area (Å²) in [6.07, 6.45) is 0. The van der Waals surface area contributed by atoms with Gasteiger partial charge in [0.05, 0.1) is 0 Å². The molecule has 10 aromatic rings. The topological polar surface area (TPSA) is 3.24 Å². The molecular weight excluding hydrogens is 647 g/mol. The van der Waals surface area contributed by atoms with Crippen LogP contribution in [-0.2, 0) is 0 Å². The first-order valence-electron chi connectivity index (χ1n) is 17.8. The second-order valence-electron chi connectivity index (χ2n) is 13.3. The first-order chi connectivity index (χ1) is 25.8. The molecule has 0 unspecified atom stereocenters. The van der Waals surface area contributed by atoms with Crippen LogP contribution in [0.25, 0.3) is 75.1 Å². The fraction of sp³-hybridized carbons (Fsp3) is 0. The summed E-state index contributed by atoms with van der Waals surface area (Å²) in [6, 6.07) is 72.9. The Morgan fingerprint density at radius 2 is 0.788 bits per heavy atom. The number of fused-ring (bicyclic) bond motifs is 5. The van der Waals surface area contributed by atoms with Gasteiger partial charge in [-0.15, -0.1) is 11.3 Å². The molecule has 244 valence electrons. The molecule has 0 bridgehead atoms. The van der Waals surface area contributed by atoms with Gasteiger partial charge in [-0.1, -0.05) is 152 Å². The van der Waals surface area contributed by atoms with Crippen LogP contribution in [0.4, 0.5) is 17.1 Å². The van der Waals surface area contributed by atoms with E-state index in [2.05, 4.69) is 205 Å². The van der Waals surface area contributed by atoms with Crippen molar-refractivity contribution in [3.05, 3.63) is 200 Å². The summed E-state index contributed by atoms with van der Waals surface area (Å²) in [5.41, 5.74) is 10.7. The lowest BCUT2D eigenvalue weighted by Crippen LogP contribution is -2.10. The molecule has 1 nitrogen and oxygen atoms in total. The zero-order valence-corrected chi connectivity index (χ0v) is 29.2. The van der Waals surface area contributed by atoms with Gasteiger partial charge in [-0.05, 0) is 103 Å². The Kier molecular flexibility index (Phi) is 7.41. The summed E-state index contributed by atoms with van der Waals surface area (Å²) in [7, 11) is 0. The zero-order valence-electron chi connectivity index (χ0n) is 28.4. The molecule has 1 heterocycles. The Morgan fingerprint density at radius 3 is 1.46 bits per heavy atom. The summed E-state index contributed by atoms with van der Waals surface area (Å²) < 4.78 is 2.65. The Labute approximate surface area is 307 Å². The molecule has 1 aromatic heterocycles. The highest BCUT2D eigenvalue weighted by Crippen LogP contribution is 2.43. The maximum Gasteiger partial charge on any atom is 0.0467 e. The van der Waals surface area contributed by atoms with E-state index in [1.807, 2.05) is 11.3 Å². The highest BCUT2D eigenvalue weighted by Gasteiger charge is 2.17. The molecule has 0 N–H and O–H groups in total. The third-order valence-electron chi connectivity index (χ3n) is 10.3. The predicted molar refractivity (Wildman–Crippen MR) is 225 cm³/mol. The van der Waals surface area contributed by atoms with E-state index in [1.165, 1.54) is 75.1 Å². The summed E-state index contributed by atoms with van der Waals surface area (Å²) in [6.45, 7) is 0. The summed E-state index contributed by atoms with van der Waals surface area (Å²) in [4.78, 5) is 2.38. The fourth-order valence-electron chi connectivity index (χ4n) is 7.81. The SMILES string of the molecule is c1cc(-c2cccc3ccccc23)cc(N(c2ccc(-c3cccc4ccccc34)cc2)c2ccc(-c3cccc4sc5ccccc5c34)cc2)c1. The Bertz CT molecular complexity index is 2890. The van der Waals surface area contributed by atoms with Crippen LogP contribution in [0.5, 0.6) is 0 Å². The second kappa shape index (κ2) is 12.7. The number of anilines is 3. The highest BCUT2D eigenvalue weighted by atomic mass is 32.1. The Morgan fingerprint density at radius 1 is 0.308 bits per heavy atom. The van der Waals surface area contributed by atoms with Crippen molar-refractivity contribution in [1.82, 2.24) is 0 Å². The average molecular weight is 680 g/mol. The number of thiophene rings is 1. The monoisotopic (exact) mass is 679 g/mol. The van der Waals surface area contributed by atoms with Gasteiger partial charge in [-0.3, -0.25) is 0 Å². The van der Waals surface area contributed by atoms with Crippen LogP contribution < -0.4 is 4.90 Å². The molecule has 52 heavy (non-hydrogen) atoms. The van der Waals surface area contributed by atoms with Crippen LogP contribution >= 0.6 is 11.3 Å². The van der Waals surface area contributed by atoms with Crippen LogP contribution in [0.3, 0.4) is 0 Å². The van der Waals surface area contributed by atoms with E-state index in [9.17, 15) is 0 Å². The van der Waals surface area contributed by atoms with Crippen molar-refractivity contribution in [3.8, 4) is 33.4 Å². The number of hydrogen-bond donors (Lipinski definition) is 0. The van der Waals surface area contributed by atoms with Crippen molar-refractivity contribution in [1.29, 1.82) is 0 Å². The quantitative estimate of drug-likeness (QED) is 0.169. The lowest BCUT2D eigenvalue weighted by molar-refractivity contribution is 1.28. The van der Waals surface area contributed by atoms with Crippen molar-refractivity contribution >= 4 is 70.1 Å². The molecule has 0 amide bonds. The Balaban J connectivity index is 1.10. The van der Waals surface area contributed by atoms with Crippen LogP contribution in [0.15, 0.2) is 200 Å². The van der Waals surface area contributed by atoms with Crippen molar-refractivity contribution in [3.63, 3.8) is 0 Å². The number of hydrogen-bond acceptors (Lipinski definition) is 2. The first kappa shape index (κ1) is 30.4. The van der Waals surface area contributed by atoms with E-state index in [0.29, 0.717) is 0 Å². The molecule has 0 fully saturated rings. The van der Waals surface area contributed by atoms with E-state index < -0.39 is 0 Å².